The highest BCUT2D eigenvalue weighted by Gasteiger charge is 2.16. The van der Waals surface area contributed by atoms with E-state index in [1.54, 1.807) is 0 Å². The van der Waals surface area contributed by atoms with Crippen LogP contribution in [0, 0.1) is 0 Å². The molecule has 0 aromatic carbocycles. The predicted molar refractivity (Wildman–Crippen MR) is 27.1 cm³/mol. The van der Waals surface area contributed by atoms with E-state index in [9.17, 15) is 9.18 Å². The minimum Gasteiger partial charge on any atom is -0.356 e. The van der Waals surface area contributed by atoms with Gasteiger partial charge >= 0.3 is 0 Å². The Kier molecular flexibility index (Phi) is 1.46. The molecule has 0 radical (unpaired) electrons. The Labute approximate surface area is 47.1 Å². The van der Waals surface area contributed by atoms with Crippen molar-refractivity contribution in [3.05, 3.63) is 0 Å². The van der Waals surface area contributed by atoms with E-state index in [0.29, 0.717) is 13.0 Å². The van der Waals surface area contributed by atoms with Crippen LogP contribution in [0.1, 0.15) is 12.8 Å². The molecule has 1 aliphatic rings. The zero-order chi connectivity index (χ0) is 5.98. The van der Waals surface area contributed by atoms with E-state index in [-0.39, 0.29) is 12.3 Å². The van der Waals surface area contributed by atoms with Crippen molar-refractivity contribution in [2.24, 2.45) is 0 Å². The molecule has 46 valence electrons. The minimum atomic E-state index is -0.899. The van der Waals surface area contributed by atoms with Crippen molar-refractivity contribution in [3.8, 4) is 0 Å². The summed E-state index contributed by atoms with van der Waals surface area (Å²) in [6.45, 7) is 0.500. The molecule has 1 rings (SSSR count). The van der Waals surface area contributed by atoms with Crippen LogP contribution in [-0.2, 0) is 4.79 Å². The standard InChI is InChI=1S/C5H8FNO/c6-4-1-2-7-5(8)3-4/h4H,1-3H2,(H,7,8). The largest absolute Gasteiger partial charge is 0.356 e. The molecule has 8 heavy (non-hydrogen) atoms. The molecule has 0 aromatic rings. The van der Waals surface area contributed by atoms with E-state index in [1.165, 1.54) is 0 Å². The maximum absolute atomic E-state index is 12.2. The van der Waals surface area contributed by atoms with Crippen LogP contribution in [-0.4, -0.2) is 18.6 Å². The Hall–Kier alpha value is -0.600. The Morgan fingerprint density at radius 3 is 2.88 bits per heavy atom. The Morgan fingerprint density at radius 2 is 2.50 bits per heavy atom. The van der Waals surface area contributed by atoms with Crippen LogP contribution in [0.15, 0.2) is 0 Å². The summed E-state index contributed by atoms with van der Waals surface area (Å²) in [5, 5.41) is 2.53. The summed E-state index contributed by atoms with van der Waals surface area (Å²) in [5.41, 5.74) is 0. The third-order valence-electron chi connectivity index (χ3n) is 1.19. The lowest BCUT2D eigenvalue weighted by atomic mass is 10.1. The second-order valence-corrected chi connectivity index (χ2v) is 1.94. The maximum Gasteiger partial charge on any atom is 0.222 e. The number of carbonyl (C=O) groups is 1. The van der Waals surface area contributed by atoms with Crippen molar-refractivity contribution in [3.63, 3.8) is 0 Å². The molecule has 1 atom stereocenters. The topological polar surface area (TPSA) is 29.1 Å². The molecule has 1 amide bonds. The van der Waals surface area contributed by atoms with E-state index in [2.05, 4.69) is 5.32 Å². The number of halogens is 1. The third kappa shape index (κ3) is 1.18. The highest BCUT2D eigenvalue weighted by Crippen LogP contribution is 2.05. The molecule has 1 aliphatic heterocycles. The zero-order valence-electron chi connectivity index (χ0n) is 4.48. The molecule has 0 spiro atoms. The van der Waals surface area contributed by atoms with E-state index < -0.39 is 6.17 Å². The van der Waals surface area contributed by atoms with Gasteiger partial charge in [0, 0.05) is 6.54 Å². The monoisotopic (exact) mass is 117 g/mol. The second kappa shape index (κ2) is 2.11. The third-order valence-corrected chi connectivity index (χ3v) is 1.19. The number of amides is 1. The average Bonchev–Trinajstić information content (AvgIpc) is 1.64. The van der Waals surface area contributed by atoms with Crippen LogP contribution in [0.3, 0.4) is 0 Å². The van der Waals surface area contributed by atoms with Gasteiger partial charge in [0.05, 0.1) is 6.42 Å². The first-order valence-electron chi connectivity index (χ1n) is 2.70. The lowest BCUT2D eigenvalue weighted by Crippen LogP contribution is -2.34. The molecule has 0 bridgehead atoms. The van der Waals surface area contributed by atoms with E-state index in [1.807, 2.05) is 0 Å². The van der Waals surface area contributed by atoms with E-state index >= 15 is 0 Å². The van der Waals surface area contributed by atoms with Gasteiger partial charge in [0.1, 0.15) is 6.17 Å². The summed E-state index contributed by atoms with van der Waals surface area (Å²) < 4.78 is 12.2. The zero-order valence-corrected chi connectivity index (χ0v) is 4.48. The van der Waals surface area contributed by atoms with Crippen molar-refractivity contribution in [1.29, 1.82) is 0 Å². The summed E-state index contributed by atoms with van der Waals surface area (Å²) >= 11 is 0. The van der Waals surface area contributed by atoms with E-state index in [4.69, 9.17) is 0 Å². The molecule has 2 nitrogen and oxygen atoms in total. The molecule has 1 fully saturated rings. The van der Waals surface area contributed by atoms with Gasteiger partial charge in [-0.15, -0.1) is 0 Å². The smallest absolute Gasteiger partial charge is 0.222 e. The SMILES string of the molecule is O=C1CC(F)CCN1. The van der Waals surface area contributed by atoms with Gasteiger partial charge in [-0.25, -0.2) is 4.39 Å². The molecular weight excluding hydrogens is 109 g/mol. The van der Waals surface area contributed by atoms with Gasteiger partial charge in [-0.05, 0) is 6.42 Å². The first-order chi connectivity index (χ1) is 3.79. The Balaban J connectivity index is 2.34. The van der Waals surface area contributed by atoms with Crippen LogP contribution in [0.5, 0.6) is 0 Å². The van der Waals surface area contributed by atoms with Gasteiger partial charge in [-0.2, -0.15) is 0 Å². The fourth-order valence-corrected chi connectivity index (χ4v) is 0.744. The van der Waals surface area contributed by atoms with Gasteiger partial charge in [0.2, 0.25) is 5.91 Å². The fraction of sp³-hybridized carbons (Fsp3) is 0.800. The lowest BCUT2D eigenvalue weighted by Gasteiger charge is -2.14. The summed E-state index contributed by atoms with van der Waals surface area (Å²) in [6.07, 6.45) is -0.366. The number of alkyl halides is 1. The van der Waals surface area contributed by atoms with Gasteiger partial charge in [-0.1, -0.05) is 0 Å². The number of carbonyl (C=O) groups excluding carboxylic acids is 1. The molecule has 1 unspecified atom stereocenters. The molecule has 3 heteroatoms. The molecule has 1 heterocycles. The van der Waals surface area contributed by atoms with Crippen LogP contribution in [0.4, 0.5) is 4.39 Å². The van der Waals surface area contributed by atoms with Gasteiger partial charge in [-0.3, -0.25) is 4.79 Å². The first kappa shape index (κ1) is 5.54. The number of hydrogen-bond donors (Lipinski definition) is 1. The molecule has 0 aromatic heterocycles. The van der Waals surface area contributed by atoms with Crippen LogP contribution >= 0.6 is 0 Å². The van der Waals surface area contributed by atoms with Crippen molar-refractivity contribution >= 4 is 5.91 Å². The van der Waals surface area contributed by atoms with Crippen molar-refractivity contribution in [1.82, 2.24) is 5.32 Å². The fourth-order valence-electron chi connectivity index (χ4n) is 0.744. The van der Waals surface area contributed by atoms with Gasteiger partial charge in [0.15, 0.2) is 0 Å². The molecular formula is C5H8FNO. The molecule has 1 N–H and O–H groups in total. The minimum absolute atomic E-state index is 0.0556. The van der Waals surface area contributed by atoms with Crippen molar-refractivity contribution in [2.45, 2.75) is 19.0 Å². The van der Waals surface area contributed by atoms with Crippen LogP contribution in [0.2, 0.25) is 0 Å². The van der Waals surface area contributed by atoms with E-state index in [0.717, 1.165) is 0 Å². The summed E-state index contributed by atoms with van der Waals surface area (Å²) in [5.74, 6) is -0.163. The normalized spacial score (nSPS) is 29.6. The maximum atomic E-state index is 12.2. The lowest BCUT2D eigenvalue weighted by molar-refractivity contribution is -0.123. The number of rotatable bonds is 0. The van der Waals surface area contributed by atoms with Gasteiger partial charge in [0.25, 0.3) is 0 Å². The molecule has 0 aliphatic carbocycles. The summed E-state index contributed by atoms with van der Waals surface area (Å²) in [4.78, 5) is 10.3. The van der Waals surface area contributed by atoms with Crippen LogP contribution in [0.25, 0.3) is 0 Å². The molecule has 0 saturated carbocycles. The predicted octanol–water partition coefficient (Wildman–Crippen LogP) is 0.234. The number of nitrogens with one attached hydrogen (secondary N) is 1. The number of hydrogen-bond acceptors (Lipinski definition) is 1. The van der Waals surface area contributed by atoms with Gasteiger partial charge < -0.3 is 5.32 Å². The summed E-state index contributed by atoms with van der Waals surface area (Å²) in [6, 6.07) is 0. The Morgan fingerprint density at radius 1 is 1.75 bits per heavy atom. The highest BCUT2D eigenvalue weighted by molar-refractivity contribution is 5.77. The van der Waals surface area contributed by atoms with Crippen molar-refractivity contribution in [2.75, 3.05) is 6.54 Å². The highest BCUT2D eigenvalue weighted by atomic mass is 19.1. The quantitative estimate of drug-likeness (QED) is 0.483. The number of piperidine rings is 1. The summed E-state index contributed by atoms with van der Waals surface area (Å²) in [7, 11) is 0. The molecule has 1 saturated heterocycles. The average molecular weight is 117 g/mol. The van der Waals surface area contributed by atoms with Crippen molar-refractivity contribution < 1.29 is 9.18 Å². The Bertz CT molecular complexity index is 105. The van der Waals surface area contributed by atoms with Crippen LogP contribution < -0.4 is 5.32 Å². The first-order valence-corrected chi connectivity index (χ1v) is 2.70. The second-order valence-electron chi connectivity index (χ2n) is 1.94.